The highest BCUT2D eigenvalue weighted by Crippen LogP contribution is 2.19. The first kappa shape index (κ1) is 19.6. The van der Waals surface area contributed by atoms with Crippen LogP contribution in [-0.2, 0) is 0 Å². The molecule has 2 aromatic carbocycles. The van der Waals surface area contributed by atoms with Crippen molar-refractivity contribution in [1.82, 2.24) is 14.5 Å². The molecular weight excluding hydrogens is 369 g/mol. The zero-order chi connectivity index (χ0) is 20.4. The molecule has 1 aliphatic rings. The third-order valence-corrected chi connectivity index (χ3v) is 5.68. The van der Waals surface area contributed by atoms with Gasteiger partial charge in [0.15, 0.2) is 0 Å². The molecule has 1 atom stereocenters. The number of rotatable bonds is 6. The van der Waals surface area contributed by atoms with Crippen molar-refractivity contribution in [1.29, 1.82) is 0 Å². The third kappa shape index (κ3) is 4.03. The van der Waals surface area contributed by atoms with Crippen molar-refractivity contribution in [2.75, 3.05) is 19.7 Å². The molecule has 0 aliphatic carbocycles. The van der Waals surface area contributed by atoms with E-state index in [1.165, 1.54) is 36.6 Å². The first-order valence-corrected chi connectivity index (χ1v) is 10.2. The summed E-state index contributed by atoms with van der Waals surface area (Å²) in [6.45, 7) is 7.02. The van der Waals surface area contributed by atoms with Gasteiger partial charge < -0.3 is 9.64 Å². The molecule has 1 aliphatic heterocycles. The minimum Gasteiger partial charge on any atom is -0.494 e. The Hall–Kier alpha value is -2.73. The van der Waals surface area contributed by atoms with Crippen LogP contribution in [0.3, 0.4) is 0 Å². The molecule has 0 bridgehead atoms. The Labute approximate surface area is 169 Å². The van der Waals surface area contributed by atoms with Crippen molar-refractivity contribution in [3.8, 4) is 11.4 Å². The lowest BCUT2D eigenvalue weighted by Crippen LogP contribution is -2.31. The van der Waals surface area contributed by atoms with E-state index in [0.29, 0.717) is 29.7 Å². The maximum absolute atomic E-state index is 14.2. The molecule has 1 saturated heterocycles. The number of halogens is 1. The average molecular weight is 395 g/mol. The van der Waals surface area contributed by atoms with Gasteiger partial charge >= 0.3 is 0 Å². The van der Waals surface area contributed by atoms with Crippen molar-refractivity contribution in [3.05, 3.63) is 64.5 Å². The standard InChI is InChI=1S/C23H26FN3O2/c1-16(26-13-3-4-14-26)12-15-29-19-10-8-18(9-11-19)27-17(2)25-21-7-5-6-20(24)22(21)23(27)28/h5-11,16H,3-4,12-15H2,1-2H3. The van der Waals surface area contributed by atoms with E-state index in [0.717, 1.165) is 12.2 Å². The number of nitrogens with zero attached hydrogens (tertiary/aromatic N) is 3. The molecule has 5 nitrogen and oxygen atoms in total. The first-order chi connectivity index (χ1) is 14.0. The van der Waals surface area contributed by atoms with Gasteiger partial charge in [-0.05, 0) is 82.6 Å². The van der Waals surface area contributed by atoms with Crippen LogP contribution in [0.15, 0.2) is 47.3 Å². The predicted octanol–water partition coefficient (Wildman–Crippen LogP) is 4.09. The molecule has 4 rings (SSSR count). The first-order valence-electron chi connectivity index (χ1n) is 10.2. The van der Waals surface area contributed by atoms with Crippen LogP contribution in [0.2, 0.25) is 0 Å². The predicted molar refractivity (Wildman–Crippen MR) is 112 cm³/mol. The van der Waals surface area contributed by atoms with Gasteiger partial charge in [-0.15, -0.1) is 0 Å². The Morgan fingerprint density at radius 1 is 1.14 bits per heavy atom. The number of benzene rings is 2. The highest BCUT2D eigenvalue weighted by molar-refractivity contribution is 5.78. The molecular formula is C23H26FN3O2. The molecule has 0 amide bonds. The normalized spacial score (nSPS) is 15.7. The molecule has 0 spiro atoms. The zero-order valence-corrected chi connectivity index (χ0v) is 16.9. The second-order valence-electron chi connectivity index (χ2n) is 7.66. The van der Waals surface area contributed by atoms with Crippen LogP contribution in [0.1, 0.15) is 32.0 Å². The van der Waals surface area contributed by atoms with Crippen LogP contribution in [0.4, 0.5) is 4.39 Å². The molecule has 2 heterocycles. The molecule has 0 radical (unpaired) electrons. The van der Waals surface area contributed by atoms with Gasteiger partial charge in [-0.1, -0.05) is 6.07 Å². The van der Waals surface area contributed by atoms with Gasteiger partial charge in [0.25, 0.3) is 5.56 Å². The van der Waals surface area contributed by atoms with Crippen LogP contribution < -0.4 is 10.3 Å². The summed E-state index contributed by atoms with van der Waals surface area (Å²) in [4.78, 5) is 19.8. The van der Waals surface area contributed by atoms with Gasteiger partial charge in [-0.3, -0.25) is 9.36 Å². The molecule has 0 saturated carbocycles. The van der Waals surface area contributed by atoms with E-state index in [1.807, 2.05) is 24.3 Å². The summed E-state index contributed by atoms with van der Waals surface area (Å²) in [5.41, 5.74) is 0.609. The van der Waals surface area contributed by atoms with Crippen LogP contribution >= 0.6 is 0 Å². The fourth-order valence-corrected chi connectivity index (χ4v) is 4.01. The highest BCUT2D eigenvalue weighted by Gasteiger charge is 2.18. The lowest BCUT2D eigenvalue weighted by atomic mass is 10.2. The average Bonchev–Trinajstić information content (AvgIpc) is 3.24. The molecule has 6 heteroatoms. The van der Waals surface area contributed by atoms with Gasteiger partial charge in [0.05, 0.1) is 17.8 Å². The van der Waals surface area contributed by atoms with Gasteiger partial charge in [-0.2, -0.15) is 0 Å². The van der Waals surface area contributed by atoms with Crippen LogP contribution in [-0.4, -0.2) is 40.2 Å². The van der Waals surface area contributed by atoms with Crippen molar-refractivity contribution in [2.45, 2.75) is 39.2 Å². The Balaban J connectivity index is 1.49. The largest absolute Gasteiger partial charge is 0.494 e. The van der Waals surface area contributed by atoms with Gasteiger partial charge in [0.2, 0.25) is 0 Å². The fraction of sp³-hybridized carbons (Fsp3) is 0.391. The number of aryl methyl sites for hydroxylation is 1. The van der Waals surface area contributed by atoms with E-state index in [2.05, 4.69) is 16.8 Å². The number of ether oxygens (including phenoxy) is 1. The lowest BCUT2D eigenvalue weighted by Gasteiger charge is -2.23. The van der Waals surface area contributed by atoms with E-state index in [4.69, 9.17) is 4.74 Å². The highest BCUT2D eigenvalue weighted by atomic mass is 19.1. The molecule has 1 aromatic heterocycles. The van der Waals surface area contributed by atoms with Crippen LogP contribution in [0, 0.1) is 12.7 Å². The molecule has 152 valence electrons. The minimum absolute atomic E-state index is 0.00864. The molecule has 1 fully saturated rings. The second-order valence-corrected chi connectivity index (χ2v) is 7.66. The number of hydrogen-bond donors (Lipinski definition) is 0. The van der Waals surface area contributed by atoms with E-state index < -0.39 is 11.4 Å². The summed E-state index contributed by atoms with van der Waals surface area (Å²) in [7, 11) is 0. The SMILES string of the molecule is Cc1nc2cccc(F)c2c(=O)n1-c1ccc(OCCC(C)N2CCCC2)cc1. The van der Waals surface area contributed by atoms with Crippen molar-refractivity contribution in [2.24, 2.45) is 0 Å². The Morgan fingerprint density at radius 3 is 2.59 bits per heavy atom. The summed E-state index contributed by atoms with van der Waals surface area (Å²) in [6, 6.07) is 12.3. The molecule has 29 heavy (non-hydrogen) atoms. The summed E-state index contributed by atoms with van der Waals surface area (Å²) in [5.74, 6) is 0.718. The fourth-order valence-electron chi connectivity index (χ4n) is 4.01. The minimum atomic E-state index is -0.555. The number of aromatic nitrogens is 2. The maximum Gasteiger partial charge on any atom is 0.268 e. The Bertz CT molecular complexity index is 1060. The number of hydrogen-bond acceptors (Lipinski definition) is 4. The van der Waals surface area contributed by atoms with Gasteiger partial charge in [-0.25, -0.2) is 9.37 Å². The summed E-state index contributed by atoms with van der Waals surface area (Å²) >= 11 is 0. The van der Waals surface area contributed by atoms with E-state index in [1.54, 1.807) is 19.1 Å². The smallest absolute Gasteiger partial charge is 0.268 e. The molecule has 0 N–H and O–H groups in total. The quantitative estimate of drug-likeness (QED) is 0.631. The Morgan fingerprint density at radius 2 is 1.86 bits per heavy atom. The zero-order valence-electron chi connectivity index (χ0n) is 16.9. The summed E-state index contributed by atoms with van der Waals surface area (Å²) in [6.07, 6.45) is 3.56. The maximum atomic E-state index is 14.2. The monoisotopic (exact) mass is 395 g/mol. The summed E-state index contributed by atoms with van der Waals surface area (Å²) < 4.78 is 21.5. The third-order valence-electron chi connectivity index (χ3n) is 5.68. The van der Waals surface area contributed by atoms with Crippen molar-refractivity contribution >= 4 is 10.9 Å². The Kier molecular flexibility index (Phi) is 5.62. The van der Waals surface area contributed by atoms with Gasteiger partial charge in [0, 0.05) is 6.04 Å². The van der Waals surface area contributed by atoms with Crippen molar-refractivity contribution in [3.63, 3.8) is 0 Å². The molecule has 1 unspecified atom stereocenters. The summed E-state index contributed by atoms with van der Waals surface area (Å²) in [5, 5.41) is 0.00864. The van der Waals surface area contributed by atoms with E-state index in [9.17, 15) is 9.18 Å². The lowest BCUT2D eigenvalue weighted by molar-refractivity contribution is 0.206. The van der Waals surface area contributed by atoms with Crippen LogP contribution in [0.5, 0.6) is 5.75 Å². The second kappa shape index (κ2) is 8.33. The number of likely N-dealkylation sites (tertiary alicyclic amines) is 1. The number of fused-ring (bicyclic) bond motifs is 1. The van der Waals surface area contributed by atoms with E-state index in [-0.39, 0.29) is 5.39 Å². The van der Waals surface area contributed by atoms with Crippen molar-refractivity contribution < 1.29 is 9.13 Å². The van der Waals surface area contributed by atoms with Gasteiger partial charge in [0.1, 0.15) is 22.8 Å². The molecule has 3 aromatic rings. The van der Waals surface area contributed by atoms with E-state index >= 15 is 0 Å². The topological polar surface area (TPSA) is 47.4 Å². The van der Waals surface area contributed by atoms with Crippen LogP contribution in [0.25, 0.3) is 16.6 Å².